The van der Waals surface area contributed by atoms with Crippen molar-refractivity contribution >= 4 is 17.3 Å². The molecule has 2 N–H and O–H groups in total. The maximum Gasteiger partial charge on any atom is 0.143 e. The van der Waals surface area contributed by atoms with Crippen LogP contribution in [0.15, 0.2) is 66.7 Å². The van der Waals surface area contributed by atoms with Gasteiger partial charge >= 0.3 is 0 Å². The molecule has 0 heterocycles. The molecule has 0 saturated heterocycles. The van der Waals surface area contributed by atoms with Gasteiger partial charge in [-0.2, -0.15) is 0 Å². The molecule has 0 aromatic heterocycles. The smallest absolute Gasteiger partial charge is 0.143 e. The van der Waals surface area contributed by atoms with Crippen molar-refractivity contribution in [3.63, 3.8) is 0 Å². The zero-order valence-electron chi connectivity index (χ0n) is 12.9. The number of aryl methyl sites for hydroxylation is 1. The third kappa shape index (κ3) is 3.49. The third-order valence-corrected chi connectivity index (χ3v) is 4.09. The SMILES string of the molecule is Cc1cc(N)c(OCc2ccccc2)cc1-c1ccccc1Cl. The second kappa shape index (κ2) is 6.76. The minimum atomic E-state index is 0.482. The summed E-state index contributed by atoms with van der Waals surface area (Å²) < 4.78 is 5.91. The Bertz CT molecular complexity index is 815. The van der Waals surface area contributed by atoms with Crippen LogP contribution < -0.4 is 10.5 Å². The van der Waals surface area contributed by atoms with E-state index in [1.165, 1.54) is 0 Å². The van der Waals surface area contributed by atoms with E-state index < -0.39 is 0 Å². The Morgan fingerprint density at radius 3 is 2.35 bits per heavy atom. The standard InChI is InChI=1S/C20H18ClNO/c1-14-11-19(22)20(23-13-15-7-3-2-4-8-15)12-17(14)16-9-5-6-10-18(16)21/h2-12H,13,22H2,1H3. The Labute approximate surface area is 141 Å². The Hall–Kier alpha value is -2.45. The van der Waals surface area contributed by atoms with E-state index in [9.17, 15) is 0 Å². The molecule has 0 spiro atoms. The van der Waals surface area contributed by atoms with Crippen LogP contribution in [0.25, 0.3) is 11.1 Å². The molecule has 0 radical (unpaired) electrons. The lowest BCUT2D eigenvalue weighted by atomic mass is 9.99. The van der Waals surface area contributed by atoms with Gasteiger partial charge in [-0.15, -0.1) is 0 Å². The zero-order valence-corrected chi connectivity index (χ0v) is 13.7. The first-order valence-electron chi connectivity index (χ1n) is 7.47. The summed E-state index contributed by atoms with van der Waals surface area (Å²) in [4.78, 5) is 0. The predicted octanol–water partition coefficient (Wildman–Crippen LogP) is 5.48. The van der Waals surface area contributed by atoms with E-state index >= 15 is 0 Å². The van der Waals surface area contributed by atoms with E-state index in [0.717, 1.165) is 27.3 Å². The van der Waals surface area contributed by atoms with Crippen molar-refractivity contribution in [3.05, 3.63) is 82.9 Å². The molecule has 3 aromatic rings. The maximum absolute atomic E-state index is 6.32. The highest BCUT2D eigenvalue weighted by atomic mass is 35.5. The van der Waals surface area contributed by atoms with E-state index in [1.807, 2.05) is 73.7 Å². The van der Waals surface area contributed by atoms with E-state index in [2.05, 4.69) is 0 Å². The first kappa shape index (κ1) is 15.4. The van der Waals surface area contributed by atoms with Gasteiger partial charge in [0.25, 0.3) is 0 Å². The van der Waals surface area contributed by atoms with Crippen LogP contribution in [-0.2, 0) is 6.61 Å². The van der Waals surface area contributed by atoms with Crippen LogP contribution in [-0.4, -0.2) is 0 Å². The summed E-state index contributed by atoms with van der Waals surface area (Å²) in [6, 6.07) is 21.7. The van der Waals surface area contributed by atoms with Crippen molar-refractivity contribution in [2.45, 2.75) is 13.5 Å². The summed E-state index contributed by atoms with van der Waals surface area (Å²) >= 11 is 6.32. The Morgan fingerprint density at radius 2 is 1.61 bits per heavy atom. The summed E-state index contributed by atoms with van der Waals surface area (Å²) in [6.07, 6.45) is 0. The van der Waals surface area contributed by atoms with Crippen LogP contribution in [0.5, 0.6) is 5.75 Å². The summed E-state index contributed by atoms with van der Waals surface area (Å²) in [5.41, 5.74) is 10.9. The van der Waals surface area contributed by atoms with E-state index in [4.69, 9.17) is 22.1 Å². The summed E-state index contributed by atoms with van der Waals surface area (Å²) in [6.45, 7) is 2.51. The molecule has 2 nitrogen and oxygen atoms in total. The van der Waals surface area contributed by atoms with Crippen LogP contribution in [0.3, 0.4) is 0 Å². The number of hydrogen-bond donors (Lipinski definition) is 1. The summed E-state index contributed by atoms with van der Waals surface area (Å²) in [5, 5.41) is 0.717. The van der Waals surface area contributed by atoms with Gasteiger partial charge in [-0.25, -0.2) is 0 Å². The van der Waals surface area contributed by atoms with Crippen LogP contribution in [0.1, 0.15) is 11.1 Å². The molecule has 0 saturated carbocycles. The topological polar surface area (TPSA) is 35.2 Å². The molecule has 0 aliphatic carbocycles. The van der Waals surface area contributed by atoms with Gasteiger partial charge in [-0.1, -0.05) is 60.1 Å². The van der Waals surface area contributed by atoms with Crippen molar-refractivity contribution in [1.82, 2.24) is 0 Å². The third-order valence-electron chi connectivity index (χ3n) is 3.76. The van der Waals surface area contributed by atoms with Crippen LogP contribution in [0.4, 0.5) is 5.69 Å². The van der Waals surface area contributed by atoms with Crippen LogP contribution >= 0.6 is 11.6 Å². The maximum atomic E-state index is 6.32. The molecule has 116 valence electrons. The Balaban J connectivity index is 1.92. The first-order valence-corrected chi connectivity index (χ1v) is 7.84. The fourth-order valence-electron chi connectivity index (χ4n) is 2.54. The van der Waals surface area contributed by atoms with Gasteiger partial charge in [0.2, 0.25) is 0 Å². The summed E-state index contributed by atoms with van der Waals surface area (Å²) in [5.74, 6) is 0.675. The molecule has 0 amide bonds. The number of hydrogen-bond acceptors (Lipinski definition) is 2. The van der Waals surface area contributed by atoms with Gasteiger partial charge < -0.3 is 10.5 Å². The lowest BCUT2D eigenvalue weighted by Gasteiger charge is -2.14. The highest BCUT2D eigenvalue weighted by Crippen LogP contribution is 2.36. The normalized spacial score (nSPS) is 10.5. The highest BCUT2D eigenvalue weighted by Gasteiger charge is 2.11. The average molecular weight is 324 g/mol. The van der Waals surface area contributed by atoms with Gasteiger partial charge in [0.1, 0.15) is 12.4 Å². The molecule has 0 fully saturated rings. The van der Waals surface area contributed by atoms with Crippen molar-refractivity contribution in [1.29, 1.82) is 0 Å². The van der Waals surface area contributed by atoms with E-state index in [0.29, 0.717) is 18.0 Å². The molecule has 3 aromatic carbocycles. The van der Waals surface area contributed by atoms with Gasteiger partial charge in [0.15, 0.2) is 0 Å². The number of halogens is 1. The molecule has 0 bridgehead atoms. The largest absolute Gasteiger partial charge is 0.487 e. The van der Waals surface area contributed by atoms with Gasteiger partial charge in [-0.3, -0.25) is 0 Å². The van der Waals surface area contributed by atoms with Crippen molar-refractivity contribution in [2.24, 2.45) is 0 Å². The minimum absolute atomic E-state index is 0.482. The van der Waals surface area contributed by atoms with Crippen molar-refractivity contribution in [2.75, 3.05) is 5.73 Å². The zero-order chi connectivity index (χ0) is 16.2. The predicted molar refractivity (Wildman–Crippen MR) is 96.8 cm³/mol. The van der Waals surface area contributed by atoms with Crippen molar-refractivity contribution in [3.8, 4) is 16.9 Å². The second-order valence-corrected chi connectivity index (χ2v) is 5.87. The van der Waals surface area contributed by atoms with Crippen molar-refractivity contribution < 1.29 is 4.74 Å². The van der Waals surface area contributed by atoms with Gasteiger partial charge in [-0.05, 0) is 41.8 Å². The Morgan fingerprint density at radius 1 is 0.913 bits per heavy atom. The molecule has 0 unspecified atom stereocenters. The number of benzene rings is 3. The van der Waals surface area contributed by atoms with E-state index in [1.54, 1.807) is 0 Å². The Kier molecular flexibility index (Phi) is 4.54. The number of nitrogen functional groups attached to an aromatic ring is 1. The monoisotopic (exact) mass is 323 g/mol. The first-order chi connectivity index (χ1) is 11.1. The average Bonchev–Trinajstić information content (AvgIpc) is 2.56. The fourth-order valence-corrected chi connectivity index (χ4v) is 2.78. The summed E-state index contributed by atoms with van der Waals surface area (Å²) in [7, 11) is 0. The minimum Gasteiger partial charge on any atom is -0.487 e. The molecular weight excluding hydrogens is 306 g/mol. The van der Waals surface area contributed by atoms with Crippen LogP contribution in [0, 0.1) is 6.92 Å². The van der Waals surface area contributed by atoms with Gasteiger partial charge in [0.05, 0.1) is 5.69 Å². The second-order valence-electron chi connectivity index (χ2n) is 5.46. The number of rotatable bonds is 4. The molecular formula is C20H18ClNO. The fraction of sp³-hybridized carbons (Fsp3) is 0.100. The van der Waals surface area contributed by atoms with E-state index in [-0.39, 0.29) is 0 Å². The molecule has 3 heteroatoms. The molecule has 0 aliphatic heterocycles. The van der Waals surface area contributed by atoms with Gasteiger partial charge in [0, 0.05) is 10.6 Å². The lowest BCUT2D eigenvalue weighted by Crippen LogP contribution is -2.00. The molecule has 0 aliphatic rings. The quantitative estimate of drug-likeness (QED) is 0.645. The molecule has 3 rings (SSSR count). The van der Waals surface area contributed by atoms with Crippen LogP contribution in [0.2, 0.25) is 5.02 Å². The molecule has 23 heavy (non-hydrogen) atoms. The molecule has 0 atom stereocenters. The number of anilines is 1. The number of ether oxygens (including phenoxy) is 1. The lowest BCUT2D eigenvalue weighted by molar-refractivity contribution is 0.308. The highest BCUT2D eigenvalue weighted by molar-refractivity contribution is 6.33. The number of nitrogens with two attached hydrogens (primary N) is 1.